The van der Waals surface area contributed by atoms with Crippen molar-refractivity contribution in [3.8, 4) is 5.75 Å². The SMILES string of the molecule is C=C/C(=C\C=N\Cc1ccc(OC)cc1)C(=O)CBr. The first-order valence-electron chi connectivity index (χ1n) is 5.76. The summed E-state index contributed by atoms with van der Waals surface area (Å²) in [6, 6.07) is 7.70. The Morgan fingerprint density at radius 3 is 2.63 bits per heavy atom. The van der Waals surface area contributed by atoms with Gasteiger partial charge in [0.05, 0.1) is 19.0 Å². The van der Waals surface area contributed by atoms with E-state index in [-0.39, 0.29) is 11.1 Å². The summed E-state index contributed by atoms with van der Waals surface area (Å²) < 4.78 is 5.08. The molecule has 0 aromatic heterocycles. The van der Waals surface area contributed by atoms with Crippen molar-refractivity contribution in [2.24, 2.45) is 4.99 Å². The number of halogens is 1. The first kappa shape index (κ1) is 15.4. The molecule has 0 N–H and O–H groups in total. The molecule has 0 aliphatic heterocycles. The van der Waals surface area contributed by atoms with Crippen LogP contribution in [0.5, 0.6) is 5.75 Å². The predicted molar refractivity (Wildman–Crippen MR) is 82.3 cm³/mol. The molecule has 0 saturated heterocycles. The summed E-state index contributed by atoms with van der Waals surface area (Å²) in [6.07, 6.45) is 4.82. The number of hydrogen-bond acceptors (Lipinski definition) is 3. The third-order valence-corrected chi connectivity index (χ3v) is 2.96. The molecule has 1 rings (SSSR count). The van der Waals surface area contributed by atoms with E-state index < -0.39 is 0 Å². The summed E-state index contributed by atoms with van der Waals surface area (Å²) in [5.41, 5.74) is 1.63. The molecule has 0 saturated carbocycles. The fourth-order valence-corrected chi connectivity index (χ4v) is 1.70. The van der Waals surface area contributed by atoms with Gasteiger partial charge in [0.2, 0.25) is 0 Å². The summed E-state index contributed by atoms with van der Waals surface area (Å²) in [6.45, 7) is 4.16. The number of hydrogen-bond donors (Lipinski definition) is 0. The van der Waals surface area contributed by atoms with Crippen LogP contribution in [0.2, 0.25) is 0 Å². The average Bonchev–Trinajstić information content (AvgIpc) is 2.47. The van der Waals surface area contributed by atoms with Gasteiger partial charge in [0.25, 0.3) is 0 Å². The lowest BCUT2D eigenvalue weighted by Crippen LogP contribution is -2.01. The fraction of sp³-hybridized carbons (Fsp3) is 0.200. The van der Waals surface area contributed by atoms with E-state index in [9.17, 15) is 4.79 Å². The van der Waals surface area contributed by atoms with Crippen LogP contribution in [-0.2, 0) is 11.3 Å². The second-order valence-corrected chi connectivity index (χ2v) is 4.28. The molecule has 0 bridgehead atoms. The van der Waals surface area contributed by atoms with Gasteiger partial charge in [-0.05, 0) is 23.8 Å². The number of ketones is 1. The second-order valence-electron chi connectivity index (χ2n) is 3.72. The highest BCUT2D eigenvalue weighted by atomic mass is 79.9. The van der Waals surface area contributed by atoms with Crippen LogP contribution in [0.3, 0.4) is 0 Å². The Morgan fingerprint density at radius 1 is 1.42 bits per heavy atom. The zero-order chi connectivity index (χ0) is 14.1. The van der Waals surface area contributed by atoms with Crippen LogP contribution >= 0.6 is 15.9 Å². The third-order valence-electron chi connectivity index (χ3n) is 2.46. The van der Waals surface area contributed by atoms with Gasteiger partial charge in [0.15, 0.2) is 5.78 Å². The number of nitrogens with zero attached hydrogens (tertiary/aromatic N) is 1. The zero-order valence-electron chi connectivity index (χ0n) is 10.8. The number of benzene rings is 1. The van der Waals surface area contributed by atoms with Crippen molar-refractivity contribution < 1.29 is 9.53 Å². The van der Waals surface area contributed by atoms with Gasteiger partial charge in [0.1, 0.15) is 5.75 Å². The number of aliphatic imine (C=N–C) groups is 1. The van der Waals surface area contributed by atoms with Crippen molar-refractivity contribution in [3.05, 3.63) is 54.1 Å². The molecular weight excluding hydrogens is 306 g/mol. The van der Waals surface area contributed by atoms with E-state index in [1.807, 2.05) is 24.3 Å². The first-order valence-corrected chi connectivity index (χ1v) is 6.88. The molecule has 0 aliphatic rings. The van der Waals surface area contributed by atoms with E-state index in [0.29, 0.717) is 12.1 Å². The molecule has 19 heavy (non-hydrogen) atoms. The number of Topliss-reactive ketones (excluding diaryl/α,β-unsaturated/α-hetero) is 1. The number of carbonyl (C=O) groups excluding carboxylic acids is 1. The number of rotatable bonds is 7. The standard InChI is InChI=1S/C15H16BrNO2/c1-3-13(15(18)10-16)8-9-17-11-12-4-6-14(19-2)7-5-12/h3-9H,1,10-11H2,2H3/b13-8+,17-9+. The van der Waals surface area contributed by atoms with E-state index in [1.165, 1.54) is 6.08 Å². The van der Waals surface area contributed by atoms with Crippen LogP contribution < -0.4 is 4.74 Å². The van der Waals surface area contributed by atoms with E-state index >= 15 is 0 Å². The molecular formula is C15H16BrNO2. The normalized spacial score (nSPS) is 11.6. The molecule has 0 heterocycles. The second kappa shape index (κ2) is 8.43. The topological polar surface area (TPSA) is 38.7 Å². The highest BCUT2D eigenvalue weighted by Crippen LogP contribution is 2.11. The Labute approximate surface area is 121 Å². The predicted octanol–water partition coefficient (Wildman–Crippen LogP) is 3.34. The smallest absolute Gasteiger partial charge is 0.173 e. The summed E-state index contributed by atoms with van der Waals surface area (Å²) in [5.74, 6) is 0.815. The van der Waals surface area contributed by atoms with Crippen LogP contribution in [0.1, 0.15) is 5.56 Å². The lowest BCUT2D eigenvalue weighted by atomic mass is 10.2. The number of carbonyl (C=O) groups is 1. The largest absolute Gasteiger partial charge is 0.497 e. The van der Waals surface area contributed by atoms with Crippen LogP contribution in [0.4, 0.5) is 0 Å². The molecule has 1 aromatic rings. The lowest BCUT2D eigenvalue weighted by molar-refractivity contribution is -0.112. The Morgan fingerprint density at radius 2 is 2.11 bits per heavy atom. The lowest BCUT2D eigenvalue weighted by Gasteiger charge is -2.00. The number of alkyl halides is 1. The first-order chi connectivity index (χ1) is 9.21. The van der Waals surface area contributed by atoms with Gasteiger partial charge in [-0.3, -0.25) is 9.79 Å². The van der Waals surface area contributed by atoms with Gasteiger partial charge in [-0.2, -0.15) is 0 Å². The Kier molecular flexibility index (Phi) is 6.82. The van der Waals surface area contributed by atoms with E-state index in [4.69, 9.17) is 4.74 Å². The molecule has 0 unspecified atom stereocenters. The van der Waals surface area contributed by atoms with Gasteiger partial charge < -0.3 is 4.74 Å². The quantitative estimate of drug-likeness (QED) is 0.334. The van der Waals surface area contributed by atoms with E-state index in [2.05, 4.69) is 27.5 Å². The molecule has 0 spiro atoms. The van der Waals surface area contributed by atoms with Crippen molar-refractivity contribution >= 4 is 27.9 Å². The van der Waals surface area contributed by atoms with Crippen LogP contribution in [0.15, 0.2) is 53.6 Å². The number of methoxy groups -OCH3 is 1. The van der Waals surface area contributed by atoms with E-state index in [0.717, 1.165) is 11.3 Å². The molecule has 4 heteroatoms. The number of ether oxygens (including phenoxy) is 1. The van der Waals surface area contributed by atoms with Crippen molar-refractivity contribution in [2.75, 3.05) is 12.4 Å². The Balaban J connectivity index is 2.59. The van der Waals surface area contributed by atoms with Crippen molar-refractivity contribution in [1.29, 1.82) is 0 Å². The van der Waals surface area contributed by atoms with Crippen molar-refractivity contribution in [3.63, 3.8) is 0 Å². The summed E-state index contributed by atoms with van der Waals surface area (Å²) in [4.78, 5) is 15.7. The fourth-order valence-electron chi connectivity index (χ4n) is 1.37. The minimum atomic E-state index is -0.00843. The summed E-state index contributed by atoms with van der Waals surface area (Å²) >= 11 is 3.12. The molecule has 0 fully saturated rings. The maximum atomic E-state index is 11.4. The van der Waals surface area contributed by atoms with Crippen LogP contribution in [0, 0.1) is 0 Å². The van der Waals surface area contributed by atoms with Gasteiger partial charge in [-0.1, -0.05) is 40.7 Å². The van der Waals surface area contributed by atoms with Gasteiger partial charge >= 0.3 is 0 Å². The molecule has 0 amide bonds. The maximum absolute atomic E-state index is 11.4. The maximum Gasteiger partial charge on any atom is 0.173 e. The minimum absolute atomic E-state index is 0.00843. The highest BCUT2D eigenvalue weighted by molar-refractivity contribution is 9.09. The molecule has 0 aliphatic carbocycles. The summed E-state index contributed by atoms with van der Waals surface area (Å²) in [7, 11) is 1.63. The Bertz CT molecular complexity index is 489. The van der Waals surface area contributed by atoms with Crippen molar-refractivity contribution in [1.82, 2.24) is 0 Å². The molecule has 1 aromatic carbocycles. The highest BCUT2D eigenvalue weighted by Gasteiger charge is 2.01. The van der Waals surface area contributed by atoms with Gasteiger partial charge in [0, 0.05) is 11.8 Å². The van der Waals surface area contributed by atoms with Gasteiger partial charge in [-0.15, -0.1) is 0 Å². The van der Waals surface area contributed by atoms with Crippen LogP contribution in [-0.4, -0.2) is 24.4 Å². The molecule has 0 atom stereocenters. The zero-order valence-corrected chi connectivity index (χ0v) is 12.4. The Hall–Kier alpha value is -1.68. The van der Waals surface area contributed by atoms with E-state index in [1.54, 1.807) is 19.4 Å². The summed E-state index contributed by atoms with van der Waals surface area (Å²) in [5, 5.41) is 0.289. The third kappa shape index (κ3) is 5.22. The molecule has 3 nitrogen and oxygen atoms in total. The van der Waals surface area contributed by atoms with Crippen molar-refractivity contribution in [2.45, 2.75) is 6.54 Å². The minimum Gasteiger partial charge on any atom is -0.497 e. The molecule has 100 valence electrons. The van der Waals surface area contributed by atoms with Crippen LogP contribution in [0.25, 0.3) is 0 Å². The number of allylic oxidation sites excluding steroid dienone is 3. The molecule has 0 radical (unpaired) electrons. The monoisotopic (exact) mass is 321 g/mol. The van der Waals surface area contributed by atoms with Gasteiger partial charge in [-0.25, -0.2) is 0 Å². The average molecular weight is 322 g/mol.